The van der Waals surface area contributed by atoms with E-state index in [0.29, 0.717) is 0 Å². The summed E-state index contributed by atoms with van der Waals surface area (Å²) in [7, 11) is 1.91. The molecule has 0 radical (unpaired) electrons. The maximum atomic E-state index is 12.7. The van der Waals surface area contributed by atoms with E-state index in [0.717, 1.165) is 37.1 Å². The number of thiophene rings is 1. The van der Waals surface area contributed by atoms with E-state index in [1.54, 1.807) is 11.3 Å². The molecular weight excluding hydrogens is 316 g/mol. The summed E-state index contributed by atoms with van der Waals surface area (Å²) in [5.74, 6) is 0.126. The molecule has 1 unspecified atom stereocenters. The van der Waals surface area contributed by atoms with Crippen molar-refractivity contribution in [3.05, 3.63) is 51.7 Å². The van der Waals surface area contributed by atoms with E-state index in [2.05, 4.69) is 22.1 Å². The zero-order valence-corrected chi connectivity index (χ0v) is 14.2. The molecule has 1 aromatic carbocycles. The average Bonchev–Trinajstić information content (AvgIpc) is 2.97. The number of carbonyl (C=O) groups excluding carboxylic acids is 1. The molecule has 1 aromatic heterocycles. The summed E-state index contributed by atoms with van der Waals surface area (Å²) < 4.78 is 0. The van der Waals surface area contributed by atoms with Crippen LogP contribution in [0.15, 0.2) is 35.7 Å². The molecule has 1 atom stereocenters. The first-order valence-corrected chi connectivity index (χ1v) is 8.27. The van der Waals surface area contributed by atoms with Crippen LogP contribution in [0.1, 0.15) is 34.8 Å². The topological polar surface area (TPSA) is 41.1 Å². The summed E-state index contributed by atoms with van der Waals surface area (Å²) in [4.78, 5) is 14.0. The number of anilines is 1. The van der Waals surface area contributed by atoms with Gasteiger partial charge >= 0.3 is 0 Å². The van der Waals surface area contributed by atoms with Crippen LogP contribution < -0.4 is 10.6 Å². The molecule has 0 saturated heterocycles. The predicted octanol–water partition coefficient (Wildman–Crippen LogP) is 3.95. The molecule has 3 rings (SSSR count). The van der Waals surface area contributed by atoms with Crippen molar-refractivity contribution in [2.75, 3.05) is 12.4 Å². The minimum absolute atomic E-state index is 0. The monoisotopic (exact) mass is 336 g/mol. The normalized spacial score (nSPS) is 16.5. The second kappa shape index (κ2) is 7.77. The van der Waals surface area contributed by atoms with Crippen molar-refractivity contribution >= 4 is 35.3 Å². The molecule has 0 saturated carbocycles. The number of nitrogens with one attached hydrogen (secondary N) is 2. The Hall–Kier alpha value is -1.36. The number of carbonyl (C=O) groups is 1. The Kier molecular flexibility index (Phi) is 6.00. The van der Waals surface area contributed by atoms with Crippen LogP contribution in [-0.4, -0.2) is 13.0 Å². The molecule has 1 amide bonds. The molecule has 1 aliphatic rings. The molecule has 0 fully saturated rings. The summed E-state index contributed by atoms with van der Waals surface area (Å²) in [6.45, 7) is 0.755. The maximum absolute atomic E-state index is 12.7. The van der Waals surface area contributed by atoms with E-state index in [9.17, 15) is 4.79 Å². The molecule has 5 heteroatoms. The Balaban J connectivity index is 0.00000176. The van der Waals surface area contributed by atoms with Crippen LogP contribution >= 0.6 is 23.7 Å². The zero-order chi connectivity index (χ0) is 14.7. The van der Waals surface area contributed by atoms with E-state index < -0.39 is 0 Å². The fraction of sp³-hybridized carbons (Fsp3) is 0.353. The van der Waals surface area contributed by atoms with Gasteiger partial charge in [-0.25, -0.2) is 0 Å². The first-order valence-electron chi connectivity index (χ1n) is 7.39. The van der Waals surface area contributed by atoms with Gasteiger partial charge in [-0.2, -0.15) is 0 Å². The van der Waals surface area contributed by atoms with Gasteiger partial charge < -0.3 is 10.6 Å². The van der Waals surface area contributed by atoms with Crippen LogP contribution in [0, 0.1) is 0 Å². The van der Waals surface area contributed by atoms with Gasteiger partial charge in [-0.1, -0.05) is 18.2 Å². The first kappa shape index (κ1) is 17.0. The zero-order valence-electron chi connectivity index (χ0n) is 12.6. The third-order valence-electron chi connectivity index (χ3n) is 4.01. The summed E-state index contributed by atoms with van der Waals surface area (Å²) in [6.07, 6.45) is 3.17. The molecule has 118 valence electrons. The van der Waals surface area contributed by atoms with Gasteiger partial charge in [0, 0.05) is 17.1 Å². The molecule has 0 spiro atoms. The Morgan fingerprint density at radius 1 is 1.32 bits per heavy atom. The SMILES string of the molecule is CNCc1ccccc1NC(=O)C1CCCc2sccc21.Cl. The van der Waals surface area contributed by atoms with Crippen LogP contribution in [0.4, 0.5) is 5.69 Å². The van der Waals surface area contributed by atoms with Crippen molar-refractivity contribution in [1.29, 1.82) is 0 Å². The smallest absolute Gasteiger partial charge is 0.231 e. The summed E-state index contributed by atoms with van der Waals surface area (Å²) in [6, 6.07) is 10.1. The number of rotatable bonds is 4. The highest BCUT2D eigenvalue weighted by molar-refractivity contribution is 7.10. The largest absolute Gasteiger partial charge is 0.325 e. The minimum Gasteiger partial charge on any atom is -0.325 e. The molecule has 22 heavy (non-hydrogen) atoms. The molecule has 0 aliphatic heterocycles. The van der Waals surface area contributed by atoms with E-state index in [-0.39, 0.29) is 24.2 Å². The van der Waals surface area contributed by atoms with E-state index in [4.69, 9.17) is 0 Å². The van der Waals surface area contributed by atoms with Gasteiger partial charge in [0.25, 0.3) is 0 Å². The van der Waals surface area contributed by atoms with Crippen molar-refractivity contribution in [3.8, 4) is 0 Å². The third kappa shape index (κ3) is 3.51. The van der Waals surface area contributed by atoms with Gasteiger partial charge in [-0.15, -0.1) is 23.7 Å². The van der Waals surface area contributed by atoms with Gasteiger partial charge in [0.15, 0.2) is 0 Å². The van der Waals surface area contributed by atoms with E-state index in [1.165, 1.54) is 10.4 Å². The molecule has 3 nitrogen and oxygen atoms in total. The van der Waals surface area contributed by atoms with E-state index >= 15 is 0 Å². The number of aryl methyl sites for hydroxylation is 1. The summed E-state index contributed by atoms with van der Waals surface area (Å²) in [5.41, 5.74) is 3.27. The molecule has 1 heterocycles. The standard InChI is InChI=1S/C17H20N2OS.ClH/c1-18-11-12-5-2-3-7-15(12)19-17(20)14-6-4-8-16-13(14)9-10-21-16;/h2-3,5,7,9-10,14,18H,4,6,8,11H2,1H3,(H,19,20);1H. The summed E-state index contributed by atoms with van der Waals surface area (Å²) >= 11 is 1.77. The third-order valence-corrected chi connectivity index (χ3v) is 5.01. The van der Waals surface area contributed by atoms with Crippen LogP contribution in [0.25, 0.3) is 0 Å². The average molecular weight is 337 g/mol. The highest BCUT2D eigenvalue weighted by Crippen LogP contribution is 2.35. The maximum Gasteiger partial charge on any atom is 0.231 e. The molecule has 2 N–H and O–H groups in total. The Morgan fingerprint density at radius 3 is 2.95 bits per heavy atom. The van der Waals surface area contributed by atoms with Crippen molar-refractivity contribution < 1.29 is 4.79 Å². The van der Waals surface area contributed by atoms with Crippen molar-refractivity contribution in [2.45, 2.75) is 31.7 Å². The number of amides is 1. The van der Waals surface area contributed by atoms with Gasteiger partial charge in [-0.05, 0) is 54.9 Å². The second-order valence-corrected chi connectivity index (χ2v) is 6.42. The first-order chi connectivity index (χ1) is 10.3. The number of fused-ring (bicyclic) bond motifs is 1. The highest BCUT2D eigenvalue weighted by Gasteiger charge is 2.27. The number of hydrogen-bond donors (Lipinski definition) is 2. The molecule has 2 aromatic rings. The van der Waals surface area contributed by atoms with Crippen molar-refractivity contribution in [2.24, 2.45) is 0 Å². The van der Waals surface area contributed by atoms with Gasteiger partial charge in [0.05, 0.1) is 5.92 Å². The quantitative estimate of drug-likeness (QED) is 0.887. The summed E-state index contributed by atoms with van der Waals surface area (Å²) in [5, 5.41) is 8.36. The number of halogens is 1. The Bertz CT molecular complexity index is 641. The molecular formula is C17H21ClN2OS. The van der Waals surface area contributed by atoms with Crippen LogP contribution in [-0.2, 0) is 17.8 Å². The highest BCUT2D eigenvalue weighted by atomic mass is 35.5. The lowest BCUT2D eigenvalue weighted by molar-refractivity contribution is -0.117. The molecule has 0 bridgehead atoms. The number of benzene rings is 1. The lowest BCUT2D eigenvalue weighted by Gasteiger charge is -2.22. The lowest BCUT2D eigenvalue weighted by atomic mass is 9.87. The second-order valence-electron chi connectivity index (χ2n) is 5.42. The van der Waals surface area contributed by atoms with E-state index in [1.807, 2.05) is 31.3 Å². The predicted molar refractivity (Wildman–Crippen MR) is 95.1 cm³/mol. The van der Waals surface area contributed by atoms with Crippen LogP contribution in [0.5, 0.6) is 0 Å². The lowest BCUT2D eigenvalue weighted by Crippen LogP contribution is -2.24. The number of hydrogen-bond acceptors (Lipinski definition) is 3. The number of para-hydroxylation sites is 1. The van der Waals surface area contributed by atoms with Gasteiger partial charge in [0.2, 0.25) is 5.91 Å². The fourth-order valence-electron chi connectivity index (χ4n) is 2.97. The van der Waals surface area contributed by atoms with Crippen LogP contribution in [0.3, 0.4) is 0 Å². The Morgan fingerprint density at radius 2 is 2.14 bits per heavy atom. The van der Waals surface area contributed by atoms with Gasteiger partial charge in [0.1, 0.15) is 0 Å². The fourth-order valence-corrected chi connectivity index (χ4v) is 3.95. The van der Waals surface area contributed by atoms with Gasteiger partial charge in [-0.3, -0.25) is 4.79 Å². The minimum atomic E-state index is 0. The molecule has 1 aliphatic carbocycles. The Labute approximate surface area is 141 Å². The van der Waals surface area contributed by atoms with Crippen molar-refractivity contribution in [3.63, 3.8) is 0 Å². The van der Waals surface area contributed by atoms with Crippen molar-refractivity contribution in [1.82, 2.24) is 5.32 Å². The van der Waals surface area contributed by atoms with Crippen LogP contribution in [0.2, 0.25) is 0 Å².